The minimum absolute atomic E-state index is 0. The van der Waals surface area contributed by atoms with Gasteiger partial charge in [0.2, 0.25) is 0 Å². The molecule has 0 aliphatic carbocycles. The van der Waals surface area contributed by atoms with Crippen molar-refractivity contribution in [3.63, 3.8) is 0 Å². The molecule has 0 aromatic rings. The van der Waals surface area contributed by atoms with Crippen LogP contribution in [-0.2, 0) is 9.53 Å². The van der Waals surface area contributed by atoms with Gasteiger partial charge in [-0.1, -0.05) is 0 Å². The van der Waals surface area contributed by atoms with Crippen molar-refractivity contribution < 1.29 is 14.6 Å². The number of hydrogen-bond acceptors (Lipinski definition) is 3. The second-order valence-corrected chi connectivity index (χ2v) is 3.24. The molecule has 3 N–H and O–H groups in total. The summed E-state index contributed by atoms with van der Waals surface area (Å²) in [6, 6.07) is -0.701. The Bertz CT molecular complexity index is 159. The summed E-state index contributed by atoms with van der Waals surface area (Å²) in [7, 11) is 0. The average Bonchev–Trinajstić information content (AvgIpc) is 2.06. The van der Waals surface area contributed by atoms with Crippen LogP contribution in [0.1, 0.15) is 19.3 Å². The molecule has 1 saturated heterocycles. The summed E-state index contributed by atoms with van der Waals surface area (Å²) in [5.41, 5.74) is 5.41. The molecule has 0 amide bonds. The van der Waals surface area contributed by atoms with Crippen molar-refractivity contribution in [2.24, 2.45) is 11.7 Å². The maximum atomic E-state index is 10.4. The second-order valence-electron chi connectivity index (χ2n) is 3.24. The van der Waals surface area contributed by atoms with Crippen LogP contribution in [0.5, 0.6) is 0 Å². The van der Waals surface area contributed by atoms with Gasteiger partial charge >= 0.3 is 5.97 Å². The lowest BCUT2D eigenvalue weighted by molar-refractivity contribution is -0.139. The smallest absolute Gasteiger partial charge is 0.320 e. The lowest BCUT2D eigenvalue weighted by Crippen LogP contribution is -2.33. The summed E-state index contributed by atoms with van der Waals surface area (Å²) >= 11 is 0. The van der Waals surface area contributed by atoms with E-state index in [2.05, 4.69) is 0 Å². The molecule has 5 heteroatoms. The zero-order valence-electron chi connectivity index (χ0n) is 7.44. The molecule has 0 unspecified atom stereocenters. The van der Waals surface area contributed by atoms with E-state index in [0.29, 0.717) is 12.3 Å². The molecule has 1 aliphatic heterocycles. The molecule has 0 saturated carbocycles. The predicted octanol–water partition coefficient (Wildman–Crippen LogP) is 0.637. The van der Waals surface area contributed by atoms with Gasteiger partial charge in [0.05, 0.1) is 0 Å². The summed E-state index contributed by atoms with van der Waals surface area (Å²) in [5, 5.41) is 8.56. The zero-order chi connectivity index (χ0) is 8.97. The highest BCUT2D eigenvalue weighted by molar-refractivity contribution is 5.85. The van der Waals surface area contributed by atoms with E-state index in [-0.39, 0.29) is 12.4 Å². The van der Waals surface area contributed by atoms with Gasteiger partial charge in [0.15, 0.2) is 0 Å². The molecular weight excluding hydrogens is 194 g/mol. The first kappa shape index (κ1) is 12.7. The van der Waals surface area contributed by atoms with E-state index in [1.165, 1.54) is 0 Å². The Hall–Kier alpha value is -0.320. The Balaban J connectivity index is 0.00000144. The number of rotatable bonds is 3. The van der Waals surface area contributed by atoms with Crippen LogP contribution in [0.25, 0.3) is 0 Å². The number of carboxylic acids is 1. The SMILES string of the molecule is Cl.N[C@H](CC1CCOCC1)C(=O)O. The molecule has 0 radical (unpaired) electrons. The Labute approximate surface area is 83.9 Å². The van der Waals surface area contributed by atoms with E-state index < -0.39 is 12.0 Å². The van der Waals surface area contributed by atoms with Crippen LogP contribution >= 0.6 is 12.4 Å². The number of ether oxygens (including phenoxy) is 1. The topological polar surface area (TPSA) is 72.5 Å². The molecule has 13 heavy (non-hydrogen) atoms. The van der Waals surface area contributed by atoms with E-state index in [4.69, 9.17) is 15.6 Å². The lowest BCUT2D eigenvalue weighted by Gasteiger charge is -2.23. The van der Waals surface area contributed by atoms with Crippen molar-refractivity contribution >= 4 is 18.4 Å². The Morgan fingerprint density at radius 3 is 2.54 bits per heavy atom. The van der Waals surface area contributed by atoms with Gasteiger partial charge < -0.3 is 15.6 Å². The third kappa shape index (κ3) is 4.45. The van der Waals surface area contributed by atoms with E-state index in [1.54, 1.807) is 0 Å². The van der Waals surface area contributed by atoms with Crippen LogP contribution < -0.4 is 5.73 Å². The van der Waals surface area contributed by atoms with Crippen LogP contribution in [0, 0.1) is 5.92 Å². The van der Waals surface area contributed by atoms with Crippen LogP contribution in [0.4, 0.5) is 0 Å². The first-order chi connectivity index (χ1) is 5.70. The minimum atomic E-state index is -0.901. The van der Waals surface area contributed by atoms with Gasteiger partial charge in [-0.3, -0.25) is 4.79 Å². The summed E-state index contributed by atoms with van der Waals surface area (Å²) in [5.74, 6) is -0.466. The van der Waals surface area contributed by atoms with Crippen molar-refractivity contribution in [1.82, 2.24) is 0 Å². The number of nitrogens with two attached hydrogens (primary N) is 1. The fraction of sp³-hybridized carbons (Fsp3) is 0.875. The van der Waals surface area contributed by atoms with Crippen molar-refractivity contribution in [2.45, 2.75) is 25.3 Å². The highest BCUT2D eigenvalue weighted by atomic mass is 35.5. The largest absolute Gasteiger partial charge is 0.480 e. The number of halogens is 1. The highest BCUT2D eigenvalue weighted by Crippen LogP contribution is 2.19. The van der Waals surface area contributed by atoms with Crippen molar-refractivity contribution in [3.05, 3.63) is 0 Å². The quantitative estimate of drug-likeness (QED) is 0.716. The molecule has 1 aliphatic rings. The Kier molecular flexibility index (Phi) is 6.03. The molecule has 4 nitrogen and oxygen atoms in total. The van der Waals surface area contributed by atoms with E-state index in [0.717, 1.165) is 26.1 Å². The fourth-order valence-corrected chi connectivity index (χ4v) is 1.44. The molecule has 1 heterocycles. The van der Waals surface area contributed by atoms with Crippen LogP contribution in [0.2, 0.25) is 0 Å². The third-order valence-electron chi connectivity index (χ3n) is 2.25. The fourth-order valence-electron chi connectivity index (χ4n) is 1.44. The molecule has 78 valence electrons. The van der Waals surface area contributed by atoms with Crippen LogP contribution in [-0.4, -0.2) is 30.3 Å². The predicted molar refractivity (Wildman–Crippen MR) is 51.0 cm³/mol. The third-order valence-corrected chi connectivity index (χ3v) is 2.25. The molecule has 0 bridgehead atoms. The van der Waals surface area contributed by atoms with Crippen LogP contribution in [0.15, 0.2) is 0 Å². The zero-order valence-corrected chi connectivity index (χ0v) is 8.26. The number of aliphatic carboxylic acids is 1. The minimum Gasteiger partial charge on any atom is -0.480 e. The van der Waals surface area contributed by atoms with Gasteiger partial charge in [0.25, 0.3) is 0 Å². The van der Waals surface area contributed by atoms with E-state index in [1.807, 2.05) is 0 Å². The average molecular weight is 210 g/mol. The van der Waals surface area contributed by atoms with Gasteiger partial charge in [0, 0.05) is 13.2 Å². The normalized spacial score (nSPS) is 20.4. The summed E-state index contributed by atoms with van der Waals surface area (Å²) in [6.07, 6.45) is 2.47. The van der Waals surface area contributed by atoms with Gasteiger partial charge in [-0.2, -0.15) is 0 Å². The first-order valence-electron chi connectivity index (χ1n) is 4.26. The summed E-state index contributed by atoms with van der Waals surface area (Å²) in [6.45, 7) is 1.49. The molecule has 0 aromatic heterocycles. The molecule has 0 spiro atoms. The number of carbonyl (C=O) groups is 1. The maximum absolute atomic E-state index is 10.4. The van der Waals surface area contributed by atoms with Crippen molar-refractivity contribution in [3.8, 4) is 0 Å². The van der Waals surface area contributed by atoms with Crippen LogP contribution in [0.3, 0.4) is 0 Å². The van der Waals surface area contributed by atoms with Crippen molar-refractivity contribution in [1.29, 1.82) is 0 Å². The molecule has 1 atom stereocenters. The lowest BCUT2D eigenvalue weighted by atomic mass is 9.93. The summed E-state index contributed by atoms with van der Waals surface area (Å²) < 4.78 is 5.15. The molecular formula is C8H16ClNO3. The molecule has 0 aromatic carbocycles. The van der Waals surface area contributed by atoms with Gasteiger partial charge in [-0.05, 0) is 25.2 Å². The maximum Gasteiger partial charge on any atom is 0.320 e. The van der Waals surface area contributed by atoms with E-state index in [9.17, 15) is 4.79 Å². The first-order valence-corrected chi connectivity index (χ1v) is 4.26. The number of carboxylic acid groups (broad SMARTS) is 1. The van der Waals surface area contributed by atoms with Gasteiger partial charge in [0.1, 0.15) is 6.04 Å². The standard InChI is InChI=1S/C8H15NO3.ClH/c9-7(8(10)11)5-6-1-3-12-4-2-6;/h6-7H,1-5,9H2,(H,10,11);1H/t7-;/m1./s1. The number of hydrogen-bond donors (Lipinski definition) is 2. The van der Waals surface area contributed by atoms with Gasteiger partial charge in [-0.25, -0.2) is 0 Å². The Morgan fingerprint density at radius 2 is 2.08 bits per heavy atom. The molecule has 1 rings (SSSR count). The second kappa shape index (κ2) is 6.18. The van der Waals surface area contributed by atoms with E-state index >= 15 is 0 Å². The van der Waals surface area contributed by atoms with Gasteiger partial charge in [-0.15, -0.1) is 12.4 Å². The highest BCUT2D eigenvalue weighted by Gasteiger charge is 2.20. The monoisotopic (exact) mass is 209 g/mol. The van der Waals surface area contributed by atoms with Crippen molar-refractivity contribution in [2.75, 3.05) is 13.2 Å². The molecule has 1 fully saturated rings. The summed E-state index contributed by atoms with van der Waals surface area (Å²) in [4.78, 5) is 10.4. The Morgan fingerprint density at radius 1 is 1.54 bits per heavy atom.